The number of fused-ring (bicyclic) bond motifs is 2. The SMILES string of the molecule is O=C1Nc2ccccc2C1C1=CCc2ccccc21. The van der Waals surface area contributed by atoms with Gasteiger partial charge < -0.3 is 5.32 Å². The predicted octanol–water partition coefficient (Wildman–Crippen LogP) is 3.36. The molecule has 2 nitrogen and oxygen atoms in total. The number of benzene rings is 2. The summed E-state index contributed by atoms with van der Waals surface area (Å²) in [6.45, 7) is 0. The first-order valence-electron chi connectivity index (χ1n) is 6.53. The zero-order valence-electron chi connectivity index (χ0n) is 10.4. The maximum atomic E-state index is 12.3. The normalized spacial score (nSPS) is 19.7. The highest BCUT2D eigenvalue weighted by molar-refractivity contribution is 6.11. The van der Waals surface area contributed by atoms with Crippen molar-refractivity contribution in [2.75, 3.05) is 5.32 Å². The zero-order valence-corrected chi connectivity index (χ0v) is 10.4. The molecule has 1 aliphatic carbocycles. The fourth-order valence-corrected chi connectivity index (χ4v) is 3.10. The van der Waals surface area contributed by atoms with Gasteiger partial charge >= 0.3 is 0 Å². The molecular weight excluding hydrogens is 234 g/mol. The van der Waals surface area contributed by atoms with Crippen molar-refractivity contribution in [3.8, 4) is 0 Å². The van der Waals surface area contributed by atoms with Crippen LogP contribution < -0.4 is 5.32 Å². The Hall–Kier alpha value is -2.35. The molecule has 1 unspecified atom stereocenters. The summed E-state index contributed by atoms with van der Waals surface area (Å²) in [5.41, 5.74) is 5.73. The second-order valence-corrected chi connectivity index (χ2v) is 5.03. The van der Waals surface area contributed by atoms with Gasteiger partial charge in [-0.2, -0.15) is 0 Å². The van der Waals surface area contributed by atoms with Crippen LogP contribution in [0.2, 0.25) is 0 Å². The number of amides is 1. The molecule has 2 aromatic rings. The van der Waals surface area contributed by atoms with E-state index in [1.807, 2.05) is 30.3 Å². The Balaban J connectivity index is 1.85. The number of carbonyl (C=O) groups excluding carboxylic acids is 1. The molecule has 0 bridgehead atoms. The van der Waals surface area contributed by atoms with Gasteiger partial charge in [-0.1, -0.05) is 48.5 Å². The summed E-state index contributed by atoms with van der Waals surface area (Å²) in [5, 5.41) is 2.98. The fraction of sp³-hybridized carbons (Fsp3) is 0.118. The number of carbonyl (C=O) groups is 1. The van der Waals surface area contributed by atoms with E-state index in [1.54, 1.807) is 0 Å². The minimum Gasteiger partial charge on any atom is -0.325 e. The number of anilines is 1. The van der Waals surface area contributed by atoms with Crippen LogP contribution in [0.3, 0.4) is 0 Å². The molecule has 4 rings (SSSR count). The molecule has 0 radical (unpaired) electrons. The molecule has 19 heavy (non-hydrogen) atoms. The van der Waals surface area contributed by atoms with E-state index in [0.717, 1.165) is 23.2 Å². The summed E-state index contributed by atoms with van der Waals surface area (Å²) in [7, 11) is 0. The number of nitrogens with one attached hydrogen (secondary N) is 1. The van der Waals surface area contributed by atoms with Crippen LogP contribution in [0, 0.1) is 0 Å². The summed E-state index contributed by atoms with van der Waals surface area (Å²) < 4.78 is 0. The topological polar surface area (TPSA) is 29.1 Å². The molecule has 2 aliphatic rings. The van der Waals surface area contributed by atoms with Crippen molar-refractivity contribution < 1.29 is 4.79 Å². The van der Waals surface area contributed by atoms with Crippen LogP contribution in [-0.2, 0) is 11.2 Å². The molecule has 1 aliphatic heterocycles. The Morgan fingerprint density at radius 1 is 1.00 bits per heavy atom. The average molecular weight is 247 g/mol. The lowest BCUT2D eigenvalue weighted by Crippen LogP contribution is -2.13. The average Bonchev–Trinajstić information content (AvgIpc) is 2.98. The Morgan fingerprint density at radius 2 is 1.79 bits per heavy atom. The van der Waals surface area contributed by atoms with Crippen LogP contribution in [-0.4, -0.2) is 5.91 Å². The van der Waals surface area contributed by atoms with Crippen molar-refractivity contribution >= 4 is 17.2 Å². The Kier molecular flexibility index (Phi) is 2.12. The lowest BCUT2D eigenvalue weighted by molar-refractivity contribution is -0.115. The Bertz CT molecular complexity index is 715. The molecule has 2 heteroatoms. The van der Waals surface area contributed by atoms with Gasteiger partial charge in [0, 0.05) is 5.69 Å². The number of para-hydroxylation sites is 1. The van der Waals surface area contributed by atoms with Crippen molar-refractivity contribution in [2.24, 2.45) is 0 Å². The van der Waals surface area contributed by atoms with E-state index in [0.29, 0.717) is 0 Å². The standard InChI is InChI=1S/C17H13NO/c19-17-16(14-7-3-4-8-15(14)18-17)13-10-9-11-5-1-2-6-12(11)13/h1-8,10,16H,9H2,(H,18,19). The fourth-order valence-electron chi connectivity index (χ4n) is 3.10. The lowest BCUT2D eigenvalue weighted by atomic mass is 9.89. The molecule has 92 valence electrons. The van der Waals surface area contributed by atoms with Crippen LogP contribution in [0.15, 0.2) is 54.6 Å². The third-order valence-corrected chi connectivity index (χ3v) is 3.97. The largest absolute Gasteiger partial charge is 0.325 e. The Morgan fingerprint density at radius 3 is 2.74 bits per heavy atom. The van der Waals surface area contributed by atoms with Gasteiger partial charge in [0.2, 0.25) is 5.91 Å². The lowest BCUT2D eigenvalue weighted by Gasteiger charge is -2.12. The van der Waals surface area contributed by atoms with E-state index in [2.05, 4.69) is 29.6 Å². The Labute approximate surface area is 111 Å². The molecule has 2 aromatic carbocycles. The highest BCUT2D eigenvalue weighted by atomic mass is 16.2. The van der Waals surface area contributed by atoms with Crippen LogP contribution in [0.1, 0.15) is 22.6 Å². The molecular formula is C17H13NO. The maximum Gasteiger partial charge on any atom is 0.236 e. The van der Waals surface area contributed by atoms with E-state index in [9.17, 15) is 4.79 Å². The summed E-state index contributed by atoms with van der Waals surface area (Å²) in [6, 6.07) is 16.3. The van der Waals surface area contributed by atoms with Gasteiger partial charge in [-0.3, -0.25) is 4.79 Å². The van der Waals surface area contributed by atoms with Crippen LogP contribution >= 0.6 is 0 Å². The van der Waals surface area contributed by atoms with Gasteiger partial charge in [0.1, 0.15) is 0 Å². The smallest absolute Gasteiger partial charge is 0.236 e. The van der Waals surface area contributed by atoms with Gasteiger partial charge in [-0.05, 0) is 34.8 Å². The molecule has 1 amide bonds. The van der Waals surface area contributed by atoms with Crippen molar-refractivity contribution in [1.29, 1.82) is 0 Å². The monoisotopic (exact) mass is 247 g/mol. The van der Waals surface area contributed by atoms with Gasteiger partial charge in [0.05, 0.1) is 5.92 Å². The maximum absolute atomic E-state index is 12.3. The van der Waals surface area contributed by atoms with E-state index in [1.165, 1.54) is 11.1 Å². The van der Waals surface area contributed by atoms with Crippen LogP contribution in [0.4, 0.5) is 5.69 Å². The molecule has 0 saturated carbocycles. The minimum absolute atomic E-state index is 0.0872. The zero-order chi connectivity index (χ0) is 12.8. The highest BCUT2D eigenvalue weighted by Gasteiger charge is 2.35. The molecule has 1 atom stereocenters. The summed E-state index contributed by atoms with van der Waals surface area (Å²) in [6.07, 6.45) is 3.12. The van der Waals surface area contributed by atoms with E-state index >= 15 is 0 Å². The molecule has 1 N–H and O–H groups in total. The second kappa shape index (κ2) is 3.82. The van der Waals surface area contributed by atoms with Gasteiger partial charge in [-0.25, -0.2) is 0 Å². The predicted molar refractivity (Wildman–Crippen MR) is 75.9 cm³/mol. The van der Waals surface area contributed by atoms with Crippen LogP contribution in [0.25, 0.3) is 5.57 Å². The van der Waals surface area contributed by atoms with Gasteiger partial charge in [-0.15, -0.1) is 0 Å². The molecule has 0 aromatic heterocycles. The molecule has 1 heterocycles. The molecule has 0 fully saturated rings. The molecule has 0 saturated heterocycles. The van der Waals surface area contributed by atoms with Crippen molar-refractivity contribution in [3.05, 3.63) is 71.3 Å². The number of hydrogen-bond acceptors (Lipinski definition) is 1. The van der Waals surface area contributed by atoms with Crippen molar-refractivity contribution in [1.82, 2.24) is 0 Å². The van der Waals surface area contributed by atoms with Crippen molar-refractivity contribution in [3.63, 3.8) is 0 Å². The summed E-state index contributed by atoms with van der Waals surface area (Å²) >= 11 is 0. The highest BCUT2D eigenvalue weighted by Crippen LogP contribution is 2.44. The quantitative estimate of drug-likeness (QED) is 0.822. The first kappa shape index (κ1) is 10.6. The second-order valence-electron chi connectivity index (χ2n) is 5.03. The first-order chi connectivity index (χ1) is 9.34. The molecule has 0 spiro atoms. The summed E-state index contributed by atoms with van der Waals surface area (Å²) in [5.74, 6) is -0.0657. The number of hydrogen-bond donors (Lipinski definition) is 1. The minimum atomic E-state index is -0.153. The number of rotatable bonds is 1. The van der Waals surface area contributed by atoms with Crippen molar-refractivity contribution in [2.45, 2.75) is 12.3 Å². The van der Waals surface area contributed by atoms with Gasteiger partial charge in [0.25, 0.3) is 0 Å². The van der Waals surface area contributed by atoms with E-state index < -0.39 is 0 Å². The third-order valence-electron chi connectivity index (χ3n) is 3.97. The van der Waals surface area contributed by atoms with Crippen LogP contribution in [0.5, 0.6) is 0 Å². The third kappa shape index (κ3) is 1.46. The number of allylic oxidation sites excluding steroid dienone is 1. The van der Waals surface area contributed by atoms with E-state index in [-0.39, 0.29) is 11.8 Å². The van der Waals surface area contributed by atoms with E-state index in [4.69, 9.17) is 0 Å². The van der Waals surface area contributed by atoms with Gasteiger partial charge in [0.15, 0.2) is 0 Å². The first-order valence-corrected chi connectivity index (χ1v) is 6.53. The summed E-state index contributed by atoms with van der Waals surface area (Å²) in [4.78, 5) is 12.3.